The van der Waals surface area contributed by atoms with Gasteiger partial charge in [-0.15, -0.1) is 5.10 Å². The van der Waals surface area contributed by atoms with E-state index in [1.54, 1.807) is 22.9 Å². The maximum atomic E-state index is 12.3. The molecule has 0 spiro atoms. The highest BCUT2D eigenvalue weighted by Gasteiger charge is 2.19. The van der Waals surface area contributed by atoms with E-state index < -0.39 is 5.97 Å². The van der Waals surface area contributed by atoms with Gasteiger partial charge in [-0.1, -0.05) is 36.2 Å². The van der Waals surface area contributed by atoms with Gasteiger partial charge in [-0.05, 0) is 31.0 Å². The van der Waals surface area contributed by atoms with Crippen molar-refractivity contribution in [3.8, 4) is 5.69 Å². The second kappa shape index (κ2) is 8.44. The molecule has 0 saturated heterocycles. The summed E-state index contributed by atoms with van der Waals surface area (Å²) < 4.78 is 1.61. The fraction of sp³-hybridized carbons (Fsp3) is 0.375. The van der Waals surface area contributed by atoms with E-state index in [0.717, 1.165) is 12.1 Å². The van der Waals surface area contributed by atoms with Gasteiger partial charge in [0.25, 0.3) is 5.91 Å². The number of aromatic nitrogens is 3. The lowest BCUT2D eigenvalue weighted by atomic mass is 10.2. The second-order valence-corrected chi connectivity index (χ2v) is 5.72. The molecule has 24 heavy (non-hydrogen) atoms. The SMILES string of the molecule is CCCc1c(C(=O)NCCCC(=O)O)nnn1-c1cccc(Cl)c1. The van der Waals surface area contributed by atoms with E-state index in [1.165, 1.54) is 0 Å². The number of carboxylic acid groups (broad SMARTS) is 1. The van der Waals surface area contributed by atoms with Crippen molar-refractivity contribution >= 4 is 23.5 Å². The van der Waals surface area contributed by atoms with Gasteiger partial charge in [-0.2, -0.15) is 0 Å². The number of benzene rings is 1. The normalized spacial score (nSPS) is 10.6. The van der Waals surface area contributed by atoms with E-state index in [4.69, 9.17) is 16.7 Å². The van der Waals surface area contributed by atoms with Crippen LogP contribution in [0.1, 0.15) is 42.4 Å². The molecule has 1 aromatic heterocycles. The molecule has 1 aromatic carbocycles. The summed E-state index contributed by atoms with van der Waals surface area (Å²) in [5, 5.41) is 19.9. The maximum Gasteiger partial charge on any atom is 0.303 e. The van der Waals surface area contributed by atoms with Gasteiger partial charge < -0.3 is 10.4 Å². The first kappa shape index (κ1) is 17.9. The summed E-state index contributed by atoms with van der Waals surface area (Å²) in [7, 11) is 0. The van der Waals surface area contributed by atoms with Gasteiger partial charge in [-0.25, -0.2) is 4.68 Å². The Morgan fingerprint density at radius 2 is 2.17 bits per heavy atom. The molecule has 2 aromatic rings. The topological polar surface area (TPSA) is 97.1 Å². The number of rotatable bonds is 8. The Morgan fingerprint density at radius 3 is 2.83 bits per heavy atom. The number of hydrogen-bond donors (Lipinski definition) is 2. The van der Waals surface area contributed by atoms with Crippen LogP contribution in [0, 0.1) is 0 Å². The first-order chi connectivity index (χ1) is 11.5. The maximum absolute atomic E-state index is 12.3. The number of amides is 1. The molecule has 8 heteroatoms. The summed E-state index contributed by atoms with van der Waals surface area (Å²) >= 11 is 6.01. The largest absolute Gasteiger partial charge is 0.481 e. The summed E-state index contributed by atoms with van der Waals surface area (Å²) in [4.78, 5) is 22.8. The highest BCUT2D eigenvalue weighted by molar-refractivity contribution is 6.30. The first-order valence-electron chi connectivity index (χ1n) is 7.73. The zero-order valence-corrected chi connectivity index (χ0v) is 14.1. The van der Waals surface area contributed by atoms with Crippen molar-refractivity contribution in [1.29, 1.82) is 0 Å². The van der Waals surface area contributed by atoms with Crippen LogP contribution in [0.2, 0.25) is 5.02 Å². The van der Waals surface area contributed by atoms with Gasteiger partial charge >= 0.3 is 5.97 Å². The molecular formula is C16H19ClN4O3. The molecule has 1 heterocycles. The molecule has 128 valence electrons. The molecule has 7 nitrogen and oxygen atoms in total. The minimum atomic E-state index is -0.886. The van der Waals surface area contributed by atoms with E-state index in [9.17, 15) is 9.59 Å². The second-order valence-electron chi connectivity index (χ2n) is 5.28. The van der Waals surface area contributed by atoms with E-state index in [1.807, 2.05) is 13.0 Å². The van der Waals surface area contributed by atoms with Crippen LogP contribution < -0.4 is 5.32 Å². The minimum absolute atomic E-state index is 0.0112. The molecule has 1 amide bonds. The molecule has 0 aliphatic rings. The Kier molecular flexibility index (Phi) is 6.31. The minimum Gasteiger partial charge on any atom is -0.481 e. The van der Waals surface area contributed by atoms with Crippen LogP contribution in [-0.2, 0) is 11.2 Å². The highest BCUT2D eigenvalue weighted by atomic mass is 35.5. The number of nitrogens with one attached hydrogen (secondary N) is 1. The number of carboxylic acids is 1. The first-order valence-corrected chi connectivity index (χ1v) is 8.11. The van der Waals surface area contributed by atoms with Crippen LogP contribution in [0.5, 0.6) is 0 Å². The lowest BCUT2D eigenvalue weighted by Crippen LogP contribution is -2.26. The highest BCUT2D eigenvalue weighted by Crippen LogP contribution is 2.18. The average Bonchev–Trinajstić information content (AvgIpc) is 2.95. The van der Waals surface area contributed by atoms with Gasteiger partial charge in [0.1, 0.15) is 0 Å². The lowest BCUT2D eigenvalue weighted by molar-refractivity contribution is -0.137. The number of halogens is 1. The van der Waals surface area contributed by atoms with Crippen molar-refractivity contribution in [1.82, 2.24) is 20.3 Å². The van der Waals surface area contributed by atoms with E-state index >= 15 is 0 Å². The smallest absolute Gasteiger partial charge is 0.303 e. The predicted octanol–water partition coefficient (Wildman–Crippen LogP) is 2.47. The van der Waals surface area contributed by atoms with Gasteiger partial charge in [0.2, 0.25) is 0 Å². The zero-order chi connectivity index (χ0) is 17.5. The molecule has 0 fully saturated rings. The molecule has 0 radical (unpaired) electrons. The van der Waals surface area contributed by atoms with Gasteiger partial charge in [0.05, 0.1) is 11.4 Å². The number of carbonyl (C=O) groups is 2. The fourth-order valence-corrected chi connectivity index (χ4v) is 2.46. The molecule has 0 aliphatic heterocycles. The summed E-state index contributed by atoms with van der Waals surface area (Å²) in [5.74, 6) is -1.24. The van der Waals surface area contributed by atoms with Gasteiger partial charge in [0, 0.05) is 18.0 Å². The summed E-state index contributed by atoms with van der Waals surface area (Å²) in [6.45, 7) is 2.28. The number of carbonyl (C=O) groups excluding carboxylic acids is 1. The van der Waals surface area contributed by atoms with Crippen LogP contribution in [0.15, 0.2) is 24.3 Å². The summed E-state index contributed by atoms with van der Waals surface area (Å²) in [6, 6.07) is 7.16. The lowest BCUT2D eigenvalue weighted by Gasteiger charge is -2.08. The van der Waals surface area contributed by atoms with Crippen molar-refractivity contribution in [3.63, 3.8) is 0 Å². The van der Waals surface area contributed by atoms with Crippen molar-refractivity contribution in [2.45, 2.75) is 32.6 Å². The molecule has 0 bridgehead atoms. The summed E-state index contributed by atoms with van der Waals surface area (Å²) in [5.41, 5.74) is 1.70. The number of nitrogens with zero attached hydrogens (tertiary/aromatic N) is 3. The van der Waals surface area contributed by atoms with Crippen molar-refractivity contribution in [2.24, 2.45) is 0 Å². The van der Waals surface area contributed by atoms with Crippen LogP contribution >= 0.6 is 11.6 Å². The summed E-state index contributed by atoms with van der Waals surface area (Å²) in [6.07, 6.45) is 1.84. The molecule has 2 rings (SSSR count). The Bertz CT molecular complexity index is 730. The van der Waals surface area contributed by atoms with Gasteiger partial charge in [-0.3, -0.25) is 9.59 Å². The quantitative estimate of drug-likeness (QED) is 0.713. The monoisotopic (exact) mass is 350 g/mol. The predicted molar refractivity (Wildman–Crippen MR) is 89.6 cm³/mol. The Balaban J connectivity index is 2.18. The molecule has 2 N–H and O–H groups in total. The van der Waals surface area contributed by atoms with E-state index in [-0.39, 0.29) is 24.6 Å². The number of hydrogen-bond acceptors (Lipinski definition) is 4. The van der Waals surface area contributed by atoms with Crippen LogP contribution in [-0.4, -0.2) is 38.5 Å². The van der Waals surface area contributed by atoms with E-state index in [0.29, 0.717) is 23.6 Å². The Hall–Kier alpha value is -2.41. The van der Waals surface area contributed by atoms with Crippen LogP contribution in [0.4, 0.5) is 0 Å². The van der Waals surface area contributed by atoms with Crippen molar-refractivity contribution in [3.05, 3.63) is 40.7 Å². The van der Waals surface area contributed by atoms with Gasteiger partial charge in [0.15, 0.2) is 5.69 Å². The molecule has 0 atom stereocenters. The zero-order valence-electron chi connectivity index (χ0n) is 13.3. The third kappa shape index (κ3) is 4.55. The Morgan fingerprint density at radius 1 is 1.38 bits per heavy atom. The molecule has 0 saturated carbocycles. The molecule has 0 aliphatic carbocycles. The van der Waals surface area contributed by atoms with Crippen LogP contribution in [0.3, 0.4) is 0 Å². The van der Waals surface area contributed by atoms with Crippen molar-refractivity contribution in [2.75, 3.05) is 6.54 Å². The number of aliphatic carboxylic acids is 1. The van der Waals surface area contributed by atoms with Crippen molar-refractivity contribution < 1.29 is 14.7 Å². The third-order valence-electron chi connectivity index (χ3n) is 3.37. The average molecular weight is 351 g/mol. The molecule has 0 unspecified atom stereocenters. The Labute approximate surface area is 144 Å². The fourth-order valence-electron chi connectivity index (χ4n) is 2.28. The molecular weight excluding hydrogens is 332 g/mol. The van der Waals surface area contributed by atoms with Crippen LogP contribution in [0.25, 0.3) is 5.69 Å². The third-order valence-corrected chi connectivity index (χ3v) is 3.61. The van der Waals surface area contributed by atoms with E-state index in [2.05, 4.69) is 15.6 Å². The standard InChI is InChI=1S/C16H19ClN4O3/c1-2-5-13-15(16(24)18-9-4-8-14(22)23)19-20-21(13)12-7-3-6-11(17)10-12/h3,6-7,10H,2,4-5,8-9H2,1H3,(H,18,24)(H,22,23).